The quantitative estimate of drug-likeness (QED) is 0.865. The first kappa shape index (κ1) is 16.5. The van der Waals surface area contributed by atoms with Gasteiger partial charge < -0.3 is 10.1 Å². The molecular formula is C17H22ClNO. The van der Waals surface area contributed by atoms with Crippen molar-refractivity contribution in [2.75, 3.05) is 6.61 Å². The van der Waals surface area contributed by atoms with E-state index in [2.05, 4.69) is 42.6 Å². The van der Waals surface area contributed by atoms with Crippen LogP contribution in [0.15, 0.2) is 48.5 Å². The summed E-state index contributed by atoms with van der Waals surface area (Å²) in [5, 5.41) is 3.46. The van der Waals surface area contributed by atoms with Crippen LogP contribution in [0.4, 0.5) is 0 Å². The van der Waals surface area contributed by atoms with E-state index < -0.39 is 0 Å². The zero-order valence-electron chi connectivity index (χ0n) is 12.1. The molecule has 2 nitrogen and oxygen atoms in total. The molecule has 3 heteroatoms. The fourth-order valence-corrected chi connectivity index (χ4v) is 1.99. The second-order valence-electron chi connectivity index (χ2n) is 4.63. The second kappa shape index (κ2) is 8.62. The lowest BCUT2D eigenvalue weighted by Crippen LogP contribution is -2.13. The van der Waals surface area contributed by atoms with Gasteiger partial charge in [0, 0.05) is 18.7 Å². The third-order valence-electron chi connectivity index (χ3n) is 3.04. The van der Waals surface area contributed by atoms with Crippen molar-refractivity contribution in [2.24, 2.45) is 0 Å². The van der Waals surface area contributed by atoms with E-state index in [-0.39, 0.29) is 12.4 Å². The Kier molecular flexibility index (Phi) is 7.13. The first-order valence-corrected chi connectivity index (χ1v) is 6.76. The molecule has 0 bridgehead atoms. The van der Waals surface area contributed by atoms with Gasteiger partial charge >= 0.3 is 0 Å². The molecule has 0 amide bonds. The van der Waals surface area contributed by atoms with E-state index in [1.54, 1.807) is 0 Å². The Labute approximate surface area is 127 Å². The normalized spacial score (nSPS) is 9.90. The van der Waals surface area contributed by atoms with E-state index in [1.165, 1.54) is 16.7 Å². The van der Waals surface area contributed by atoms with Gasteiger partial charge in [0.15, 0.2) is 0 Å². The molecule has 2 rings (SSSR count). The predicted molar refractivity (Wildman–Crippen MR) is 86.6 cm³/mol. The average Bonchev–Trinajstić information content (AvgIpc) is 2.43. The van der Waals surface area contributed by atoms with E-state index in [0.29, 0.717) is 6.61 Å². The molecule has 1 N–H and O–H groups in total. The largest absolute Gasteiger partial charge is 0.494 e. The Hall–Kier alpha value is -1.51. The lowest BCUT2D eigenvalue weighted by atomic mass is 10.1. The number of para-hydroxylation sites is 1. The molecule has 108 valence electrons. The molecule has 0 radical (unpaired) electrons. The molecule has 0 fully saturated rings. The minimum absolute atomic E-state index is 0. The standard InChI is InChI=1S/C17H21NO.ClH/c1-3-19-17-7-5-4-6-16(17)13-18-12-15-10-8-14(2)9-11-15;/h4-11,18H,3,12-13H2,1-2H3;1H. The fraction of sp³-hybridized carbons (Fsp3) is 0.294. The molecule has 2 aromatic rings. The van der Waals surface area contributed by atoms with Crippen molar-refractivity contribution >= 4 is 12.4 Å². The monoisotopic (exact) mass is 291 g/mol. The number of rotatable bonds is 6. The zero-order valence-corrected chi connectivity index (χ0v) is 12.9. The summed E-state index contributed by atoms with van der Waals surface area (Å²) < 4.78 is 5.62. The molecule has 2 aromatic carbocycles. The summed E-state index contributed by atoms with van der Waals surface area (Å²) in [5.74, 6) is 0.974. The first-order chi connectivity index (χ1) is 9.29. The number of hydrogen-bond donors (Lipinski definition) is 1. The van der Waals surface area contributed by atoms with Gasteiger partial charge in [0.25, 0.3) is 0 Å². The summed E-state index contributed by atoms with van der Waals surface area (Å²) in [6.07, 6.45) is 0. The summed E-state index contributed by atoms with van der Waals surface area (Å²) in [6, 6.07) is 16.8. The molecule has 0 spiro atoms. The van der Waals surface area contributed by atoms with Crippen LogP contribution in [0.25, 0.3) is 0 Å². The molecule has 0 atom stereocenters. The van der Waals surface area contributed by atoms with Crippen molar-refractivity contribution in [2.45, 2.75) is 26.9 Å². The Bertz CT molecular complexity index is 511. The Morgan fingerprint density at radius 2 is 1.65 bits per heavy atom. The van der Waals surface area contributed by atoms with E-state index in [9.17, 15) is 0 Å². The van der Waals surface area contributed by atoms with Gasteiger partial charge in [0.2, 0.25) is 0 Å². The zero-order chi connectivity index (χ0) is 13.5. The highest BCUT2D eigenvalue weighted by molar-refractivity contribution is 5.85. The number of aryl methyl sites for hydroxylation is 1. The molecule has 0 unspecified atom stereocenters. The van der Waals surface area contributed by atoms with Gasteiger partial charge in [-0.15, -0.1) is 12.4 Å². The maximum absolute atomic E-state index is 5.62. The molecular weight excluding hydrogens is 270 g/mol. The van der Waals surface area contributed by atoms with Crippen LogP contribution in [0, 0.1) is 6.92 Å². The van der Waals surface area contributed by atoms with Gasteiger partial charge in [-0.05, 0) is 25.5 Å². The minimum atomic E-state index is 0. The van der Waals surface area contributed by atoms with Crippen molar-refractivity contribution < 1.29 is 4.74 Å². The lowest BCUT2D eigenvalue weighted by Gasteiger charge is -2.11. The van der Waals surface area contributed by atoms with Crippen LogP contribution in [0.5, 0.6) is 5.75 Å². The highest BCUT2D eigenvalue weighted by atomic mass is 35.5. The van der Waals surface area contributed by atoms with E-state index in [0.717, 1.165) is 18.8 Å². The van der Waals surface area contributed by atoms with Gasteiger partial charge in [0.05, 0.1) is 6.61 Å². The molecule has 0 saturated heterocycles. The number of halogens is 1. The third kappa shape index (κ3) is 4.87. The molecule has 0 aliphatic heterocycles. The smallest absolute Gasteiger partial charge is 0.123 e. The summed E-state index contributed by atoms with van der Waals surface area (Å²) >= 11 is 0. The van der Waals surface area contributed by atoms with E-state index >= 15 is 0 Å². The molecule has 20 heavy (non-hydrogen) atoms. The van der Waals surface area contributed by atoms with Crippen molar-refractivity contribution in [3.63, 3.8) is 0 Å². The maximum atomic E-state index is 5.62. The SMILES string of the molecule is CCOc1ccccc1CNCc1ccc(C)cc1.Cl. The topological polar surface area (TPSA) is 21.3 Å². The van der Waals surface area contributed by atoms with Gasteiger partial charge in [-0.25, -0.2) is 0 Å². The van der Waals surface area contributed by atoms with Crippen molar-refractivity contribution in [3.8, 4) is 5.75 Å². The number of nitrogens with one attached hydrogen (secondary N) is 1. The fourth-order valence-electron chi connectivity index (χ4n) is 1.99. The third-order valence-corrected chi connectivity index (χ3v) is 3.04. The number of hydrogen-bond acceptors (Lipinski definition) is 2. The molecule has 0 aliphatic rings. The number of benzene rings is 2. The van der Waals surface area contributed by atoms with Gasteiger partial charge in [-0.1, -0.05) is 48.0 Å². The van der Waals surface area contributed by atoms with Crippen LogP contribution < -0.4 is 10.1 Å². The first-order valence-electron chi connectivity index (χ1n) is 6.76. The van der Waals surface area contributed by atoms with Crippen LogP contribution >= 0.6 is 12.4 Å². The van der Waals surface area contributed by atoms with Crippen LogP contribution in [-0.4, -0.2) is 6.61 Å². The second-order valence-corrected chi connectivity index (χ2v) is 4.63. The van der Waals surface area contributed by atoms with E-state index in [1.807, 2.05) is 25.1 Å². The average molecular weight is 292 g/mol. The summed E-state index contributed by atoms with van der Waals surface area (Å²) in [5.41, 5.74) is 3.81. The van der Waals surface area contributed by atoms with Crippen LogP contribution in [0.2, 0.25) is 0 Å². The Morgan fingerprint density at radius 3 is 2.35 bits per heavy atom. The summed E-state index contributed by atoms with van der Waals surface area (Å²) in [7, 11) is 0. The molecule has 0 saturated carbocycles. The van der Waals surface area contributed by atoms with Crippen molar-refractivity contribution in [1.82, 2.24) is 5.32 Å². The van der Waals surface area contributed by atoms with Crippen molar-refractivity contribution in [1.29, 1.82) is 0 Å². The predicted octanol–water partition coefficient (Wildman–Crippen LogP) is 4.11. The minimum Gasteiger partial charge on any atom is -0.494 e. The summed E-state index contributed by atoms with van der Waals surface area (Å²) in [4.78, 5) is 0. The van der Waals surface area contributed by atoms with Gasteiger partial charge in [-0.3, -0.25) is 0 Å². The molecule has 0 aliphatic carbocycles. The molecule has 0 heterocycles. The highest BCUT2D eigenvalue weighted by Crippen LogP contribution is 2.17. The van der Waals surface area contributed by atoms with Crippen LogP contribution in [0.3, 0.4) is 0 Å². The lowest BCUT2D eigenvalue weighted by molar-refractivity contribution is 0.335. The van der Waals surface area contributed by atoms with Gasteiger partial charge in [0.1, 0.15) is 5.75 Å². The highest BCUT2D eigenvalue weighted by Gasteiger charge is 2.01. The van der Waals surface area contributed by atoms with Crippen LogP contribution in [-0.2, 0) is 13.1 Å². The maximum Gasteiger partial charge on any atom is 0.123 e. The summed E-state index contributed by atoms with van der Waals surface area (Å²) in [6.45, 7) is 6.52. The van der Waals surface area contributed by atoms with Gasteiger partial charge in [-0.2, -0.15) is 0 Å². The molecule has 0 aromatic heterocycles. The number of ether oxygens (including phenoxy) is 1. The van der Waals surface area contributed by atoms with E-state index in [4.69, 9.17) is 4.74 Å². The Balaban J connectivity index is 0.00000200. The Morgan fingerprint density at radius 1 is 0.950 bits per heavy atom. The van der Waals surface area contributed by atoms with Crippen LogP contribution in [0.1, 0.15) is 23.6 Å². The van der Waals surface area contributed by atoms with Crippen molar-refractivity contribution in [3.05, 3.63) is 65.2 Å².